The molecule has 30 heavy (non-hydrogen) atoms. The average molecular weight is 414 g/mol. The highest BCUT2D eigenvalue weighted by molar-refractivity contribution is 6.02. The molecule has 2 atom stereocenters. The number of amides is 4. The van der Waals surface area contributed by atoms with Crippen molar-refractivity contribution in [1.29, 1.82) is 0 Å². The molecule has 1 saturated heterocycles. The van der Waals surface area contributed by atoms with Gasteiger partial charge in [0.25, 0.3) is 5.91 Å². The molecule has 2 aromatic rings. The van der Waals surface area contributed by atoms with Crippen LogP contribution >= 0.6 is 0 Å². The standard InChI is InChI=1S/C19H19FN6O4/c1-24-17-16(18(28)25(2)19(24)29)26(10-22-17)9-15(27)21-8-11-7-14(30-23-11)12-5-3-4-6-13(12)20/h3-7,10,16-17H,8-9H2,1-2H3,(H,21,27). The van der Waals surface area contributed by atoms with Gasteiger partial charge in [-0.1, -0.05) is 17.3 Å². The lowest BCUT2D eigenvalue weighted by Gasteiger charge is -2.39. The fourth-order valence-corrected chi connectivity index (χ4v) is 3.44. The van der Waals surface area contributed by atoms with E-state index in [0.29, 0.717) is 5.69 Å². The monoisotopic (exact) mass is 414 g/mol. The Balaban J connectivity index is 1.36. The Bertz CT molecular complexity index is 1040. The number of aromatic nitrogens is 1. The SMILES string of the molecule is CN1C(=O)C2C(N=CN2CC(=O)NCc2cc(-c3ccccc3F)on2)N(C)C1=O. The maximum absolute atomic E-state index is 13.8. The zero-order valence-electron chi connectivity index (χ0n) is 16.3. The van der Waals surface area contributed by atoms with E-state index in [4.69, 9.17) is 4.52 Å². The number of likely N-dealkylation sites (N-methyl/N-ethyl adjacent to an activating group) is 2. The summed E-state index contributed by atoms with van der Waals surface area (Å²) in [5.74, 6) is -0.958. The minimum absolute atomic E-state index is 0.0715. The third-order valence-corrected chi connectivity index (χ3v) is 5.07. The van der Waals surface area contributed by atoms with Crippen molar-refractivity contribution in [3.8, 4) is 11.3 Å². The van der Waals surface area contributed by atoms with Gasteiger partial charge in [-0.2, -0.15) is 0 Å². The Morgan fingerprint density at radius 3 is 2.80 bits per heavy atom. The number of nitrogens with zero attached hydrogens (tertiary/aromatic N) is 5. The Morgan fingerprint density at radius 1 is 1.27 bits per heavy atom. The fraction of sp³-hybridized carbons (Fsp3) is 0.316. The van der Waals surface area contributed by atoms with E-state index in [0.717, 1.165) is 4.90 Å². The quantitative estimate of drug-likeness (QED) is 0.770. The van der Waals surface area contributed by atoms with Gasteiger partial charge in [0.05, 0.1) is 25.0 Å². The van der Waals surface area contributed by atoms with Gasteiger partial charge in [-0.3, -0.25) is 14.5 Å². The number of carbonyl (C=O) groups is 3. The second-order valence-corrected chi connectivity index (χ2v) is 7.03. The highest BCUT2D eigenvalue weighted by atomic mass is 19.1. The van der Waals surface area contributed by atoms with Crippen molar-refractivity contribution < 1.29 is 23.3 Å². The molecule has 4 amide bonds. The van der Waals surface area contributed by atoms with Crippen LogP contribution in [0.3, 0.4) is 0 Å². The molecule has 0 spiro atoms. The van der Waals surface area contributed by atoms with Gasteiger partial charge in [0, 0.05) is 20.2 Å². The summed E-state index contributed by atoms with van der Waals surface area (Å²) in [7, 11) is 2.95. The number of rotatable bonds is 5. The third kappa shape index (κ3) is 3.38. The van der Waals surface area contributed by atoms with E-state index in [9.17, 15) is 18.8 Å². The molecule has 0 saturated carbocycles. The van der Waals surface area contributed by atoms with Crippen molar-refractivity contribution in [3.05, 3.63) is 41.8 Å². The van der Waals surface area contributed by atoms with E-state index in [2.05, 4.69) is 15.5 Å². The van der Waals surface area contributed by atoms with E-state index in [1.54, 1.807) is 31.3 Å². The van der Waals surface area contributed by atoms with Gasteiger partial charge < -0.3 is 19.6 Å². The van der Waals surface area contributed by atoms with Crippen LogP contribution in [0.15, 0.2) is 39.8 Å². The van der Waals surface area contributed by atoms with Crippen LogP contribution in [0, 0.1) is 5.82 Å². The molecule has 4 rings (SSSR count). The van der Waals surface area contributed by atoms with Crippen molar-refractivity contribution >= 4 is 24.2 Å². The molecule has 0 aliphatic carbocycles. The fourth-order valence-electron chi connectivity index (χ4n) is 3.44. The molecule has 3 heterocycles. The number of benzene rings is 1. The molecule has 0 bridgehead atoms. The molecular weight excluding hydrogens is 395 g/mol. The Hall–Kier alpha value is -3.76. The van der Waals surface area contributed by atoms with Crippen molar-refractivity contribution in [2.24, 2.45) is 4.99 Å². The molecule has 2 aliphatic rings. The first-order chi connectivity index (χ1) is 14.4. The smallest absolute Gasteiger partial charge is 0.328 e. The van der Waals surface area contributed by atoms with Crippen LogP contribution in [0.2, 0.25) is 0 Å². The predicted molar refractivity (Wildman–Crippen MR) is 102 cm³/mol. The van der Waals surface area contributed by atoms with E-state index < -0.39 is 30.0 Å². The van der Waals surface area contributed by atoms with Gasteiger partial charge in [-0.05, 0) is 12.1 Å². The molecule has 1 aromatic carbocycles. The largest absolute Gasteiger partial charge is 0.356 e. The molecule has 1 aromatic heterocycles. The first-order valence-electron chi connectivity index (χ1n) is 9.17. The predicted octanol–water partition coefficient (Wildman–Crippen LogP) is 0.659. The number of fused-ring (bicyclic) bond motifs is 1. The van der Waals surface area contributed by atoms with E-state index in [1.165, 1.54) is 29.3 Å². The zero-order chi connectivity index (χ0) is 21.4. The van der Waals surface area contributed by atoms with Crippen LogP contribution < -0.4 is 5.32 Å². The summed E-state index contributed by atoms with van der Waals surface area (Å²) in [4.78, 5) is 44.9. The van der Waals surface area contributed by atoms with Crippen LogP contribution in [-0.2, 0) is 16.1 Å². The summed E-state index contributed by atoms with van der Waals surface area (Å²) < 4.78 is 19.0. The maximum atomic E-state index is 13.8. The second-order valence-electron chi connectivity index (χ2n) is 7.03. The number of nitrogens with one attached hydrogen (secondary N) is 1. The lowest BCUT2D eigenvalue weighted by molar-refractivity contribution is -0.136. The Labute approximate surface area is 170 Å². The van der Waals surface area contributed by atoms with E-state index in [-0.39, 0.29) is 30.3 Å². The number of hydrogen-bond acceptors (Lipinski definition) is 7. The lowest BCUT2D eigenvalue weighted by atomic mass is 10.1. The van der Waals surface area contributed by atoms with Crippen LogP contribution in [0.25, 0.3) is 11.3 Å². The number of aliphatic imine (C=N–C) groups is 1. The molecular formula is C19H19FN6O4. The van der Waals surface area contributed by atoms with Crippen molar-refractivity contribution in [2.75, 3.05) is 20.6 Å². The summed E-state index contributed by atoms with van der Waals surface area (Å²) >= 11 is 0. The summed E-state index contributed by atoms with van der Waals surface area (Å²) in [5, 5.41) is 6.52. The minimum atomic E-state index is -0.747. The topological polar surface area (TPSA) is 111 Å². The summed E-state index contributed by atoms with van der Waals surface area (Å²) in [5.41, 5.74) is 0.703. The molecule has 0 radical (unpaired) electrons. The lowest BCUT2D eigenvalue weighted by Crippen LogP contribution is -2.64. The normalized spacial score (nSPS) is 20.7. The van der Waals surface area contributed by atoms with Gasteiger partial charge in [-0.15, -0.1) is 0 Å². The maximum Gasteiger partial charge on any atom is 0.328 e. The average Bonchev–Trinajstić information content (AvgIpc) is 3.37. The highest BCUT2D eigenvalue weighted by Crippen LogP contribution is 2.25. The summed E-state index contributed by atoms with van der Waals surface area (Å²) in [6.45, 7) is -0.0492. The van der Waals surface area contributed by atoms with Crippen LogP contribution in [-0.4, -0.2) is 76.9 Å². The first kappa shape index (κ1) is 19.6. The van der Waals surface area contributed by atoms with Gasteiger partial charge in [0.1, 0.15) is 11.5 Å². The van der Waals surface area contributed by atoms with Gasteiger partial charge in [0.2, 0.25) is 5.91 Å². The number of urea groups is 1. The molecule has 11 heteroatoms. The minimum Gasteiger partial charge on any atom is -0.356 e. The molecule has 2 unspecified atom stereocenters. The van der Waals surface area contributed by atoms with Crippen molar-refractivity contribution in [3.63, 3.8) is 0 Å². The molecule has 1 N–H and O–H groups in total. The Kier molecular flexibility index (Phi) is 4.94. The van der Waals surface area contributed by atoms with Crippen molar-refractivity contribution in [2.45, 2.75) is 18.8 Å². The third-order valence-electron chi connectivity index (χ3n) is 5.07. The summed E-state index contributed by atoms with van der Waals surface area (Å²) in [6.07, 6.45) is 0.746. The first-order valence-corrected chi connectivity index (χ1v) is 9.17. The number of carbonyl (C=O) groups excluding carboxylic acids is 3. The molecule has 156 valence electrons. The zero-order valence-corrected chi connectivity index (χ0v) is 16.3. The molecule has 10 nitrogen and oxygen atoms in total. The van der Waals surface area contributed by atoms with Crippen LogP contribution in [0.5, 0.6) is 0 Å². The Morgan fingerprint density at radius 2 is 2.03 bits per heavy atom. The highest BCUT2D eigenvalue weighted by Gasteiger charge is 2.48. The van der Waals surface area contributed by atoms with E-state index >= 15 is 0 Å². The van der Waals surface area contributed by atoms with Gasteiger partial charge in [-0.25, -0.2) is 14.2 Å². The number of hydrogen-bond donors (Lipinski definition) is 1. The van der Waals surface area contributed by atoms with Crippen molar-refractivity contribution in [1.82, 2.24) is 25.2 Å². The second kappa shape index (κ2) is 7.58. The van der Waals surface area contributed by atoms with Crippen LogP contribution in [0.4, 0.5) is 9.18 Å². The van der Waals surface area contributed by atoms with Gasteiger partial charge in [0.15, 0.2) is 18.0 Å². The molecule has 1 fully saturated rings. The van der Waals surface area contributed by atoms with E-state index in [1.807, 2.05) is 0 Å². The number of halogens is 1. The summed E-state index contributed by atoms with van der Waals surface area (Å²) in [6, 6.07) is 6.50. The number of imide groups is 1. The molecule has 2 aliphatic heterocycles. The van der Waals surface area contributed by atoms with Crippen LogP contribution in [0.1, 0.15) is 5.69 Å². The van der Waals surface area contributed by atoms with Gasteiger partial charge >= 0.3 is 6.03 Å².